The van der Waals surface area contributed by atoms with Crippen LogP contribution in [0.3, 0.4) is 0 Å². The van der Waals surface area contributed by atoms with Gasteiger partial charge in [0, 0.05) is 17.5 Å². The van der Waals surface area contributed by atoms with E-state index in [4.69, 9.17) is 13.6 Å². The molecule has 2 aromatic rings. The standard InChI is InChI=1S/C33H51O3P/c1-21(2)20-34-37-35-28-22(16-24(30(3,4)5)18-26(28)32(9,10)11)15-23-17-25(31(6,7)8)19-27(29(23)36-37)33(12,13)14/h16-19,21H,15,20H2,1-14H3. The van der Waals surface area contributed by atoms with Crippen molar-refractivity contribution in [2.75, 3.05) is 6.61 Å². The van der Waals surface area contributed by atoms with Crippen LogP contribution in [0.1, 0.15) is 130 Å². The van der Waals surface area contributed by atoms with Crippen molar-refractivity contribution < 1.29 is 13.6 Å². The van der Waals surface area contributed by atoms with E-state index < -0.39 is 8.60 Å². The van der Waals surface area contributed by atoms with Crippen LogP contribution in [-0.4, -0.2) is 6.61 Å². The normalized spacial score (nSPS) is 15.4. The monoisotopic (exact) mass is 526 g/mol. The zero-order valence-electron chi connectivity index (χ0n) is 26.0. The van der Waals surface area contributed by atoms with E-state index in [1.165, 1.54) is 33.4 Å². The molecule has 2 aromatic carbocycles. The van der Waals surface area contributed by atoms with Crippen molar-refractivity contribution in [2.45, 2.75) is 125 Å². The highest BCUT2D eigenvalue weighted by molar-refractivity contribution is 7.42. The summed E-state index contributed by atoms with van der Waals surface area (Å²) in [5, 5.41) is 0. The number of rotatable bonds is 3. The summed E-state index contributed by atoms with van der Waals surface area (Å²) in [6, 6.07) is 9.39. The van der Waals surface area contributed by atoms with Crippen LogP contribution in [0.5, 0.6) is 11.5 Å². The highest BCUT2D eigenvalue weighted by atomic mass is 31.2. The van der Waals surface area contributed by atoms with Crippen LogP contribution in [0.2, 0.25) is 0 Å². The van der Waals surface area contributed by atoms with Crippen LogP contribution < -0.4 is 9.05 Å². The lowest BCUT2D eigenvalue weighted by Gasteiger charge is -2.34. The molecule has 4 heteroatoms. The van der Waals surface area contributed by atoms with E-state index in [-0.39, 0.29) is 21.7 Å². The lowest BCUT2D eigenvalue weighted by atomic mass is 9.76. The average Bonchev–Trinajstić information content (AvgIpc) is 2.68. The van der Waals surface area contributed by atoms with Gasteiger partial charge < -0.3 is 9.05 Å². The Balaban J connectivity index is 2.38. The minimum Gasteiger partial charge on any atom is -0.417 e. The molecule has 1 heterocycles. The zero-order chi connectivity index (χ0) is 28.1. The lowest BCUT2D eigenvalue weighted by molar-refractivity contribution is 0.231. The van der Waals surface area contributed by atoms with Crippen molar-refractivity contribution in [3.63, 3.8) is 0 Å². The molecule has 0 aliphatic carbocycles. The molecule has 0 atom stereocenters. The minimum atomic E-state index is -1.62. The van der Waals surface area contributed by atoms with Gasteiger partial charge in [0.25, 0.3) is 0 Å². The molecule has 0 spiro atoms. The SMILES string of the molecule is CC(C)COP1Oc2c(cc(C(C)(C)C)cc2C(C)(C)C)Cc2cc(C(C)(C)C)cc(C(C)(C)C)c2O1. The fourth-order valence-corrected chi connectivity index (χ4v) is 5.76. The second-order valence-electron chi connectivity index (χ2n) is 15.3. The maximum Gasteiger partial charge on any atom is 0.463 e. The molecule has 0 saturated heterocycles. The molecule has 0 N–H and O–H groups in total. The molecule has 0 aromatic heterocycles. The molecule has 1 aliphatic rings. The summed E-state index contributed by atoms with van der Waals surface area (Å²) >= 11 is 0. The van der Waals surface area contributed by atoms with E-state index in [0.29, 0.717) is 12.5 Å². The van der Waals surface area contributed by atoms with Gasteiger partial charge >= 0.3 is 8.60 Å². The van der Waals surface area contributed by atoms with Gasteiger partial charge in [-0.2, -0.15) is 0 Å². The van der Waals surface area contributed by atoms with Gasteiger partial charge in [0.15, 0.2) is 0 Å². The molecular weight excluding hydrogens is 475 g/mol. The predicted molar refractivity (Wildman–Crippen MR) is 159 cm³/mol. The van der Waals surface area contributed by atoms with Gasteiger partial charge in [0.05, 0.1) is 6.61 Å². The van der Waals surface area contributed by atoms with Crippen LogP contribution in [0.25, 0.3) is 0 Å². The quantitative estimate of drug-likeness (QED) is 0.372. The van der Waals surface area contributed by atoms with Gasteiger partial charge in [-0.15, -0.1) is 0 Å². The molecule has 37 heavy (non-hydrogen) atoms. The first-order valence-corrected chi connectivity index (χ1v) is 14.9. The van der Waals surface area contributed by atoms with Crippen molar-refractivity contribution in [3.05, 3.63) is 57.6 Å². The third-order valence-electron chi connectivity index (χ3n) is 6.91. The molecule has 206 valence electrons. The maximum atomic E-state index is 6.76. The fourth-order valence-electron chi connectivity index (χ4n) is 4.47. The summed E-state index contributed by atoms with van der Waals surface area (Å²) in [4.78, 5) is 0. The molecule has 0 saturated carbocycles. The summed E-state index contributed by atoms with van der Waals surface area (Å²) in [5.74, 6) is 2.24. The van der Waals surface area contributed by atoms with E-state index >= 15 is 0 Å². The van der Waals surface area contributed by atoms with E-state index in [1.54, 1.807) is 0 Å². The minimum absolute atomic E-state index is 0.0272. The van der Waals surface area contributed by atoms with Crippen molar-refractivity contribution in [1.29, 1.82) is 0 Å². The largest absolute Gasteiger partial charge is 0.463 e. The lowest BCUT2D eigenvalue weighted by Crippen LogP contribution is -2.22. The molecule has 0 bridgehead atoms. The van der Waals surface area contributed by atoms with Gasteiger partial charge in [-0.05, 0) is 49.8 Å². The number of fused-ring (bicyclic) bond motifs is 2. The third-order valence-corrected chi connectivity index (χ3v) is 7.93. The predicted octanol–water partition coefficient (Wildman–Crippen LogP) is 10.1. The van der Waals surface area contributed by atoms with Crippen LogP contribution in [0.15, 0.2) is 24.3 Å². The van der Waals surface area contributed by atoms with Crippen LogP contribution >= 0.6 is 8.60 Å². The van der Waals surface area contributed by atoms with Gasteiger partial charge in [0.1, 0.15) is 11.5 Å². The van der Waals surface area contributed by atoms with Gasteiger partial charge in [-0.3, -0.25) is 4.52 Å². The Morgan fingerprint density at radius 1 is 0.649 bits per heavy atom. The summed E-state index contributed by atoms with van der Waals surface area (Å²) in [6.45, 7) is 32.2. The van der Waals surface area contributed by atoms with Crippen molar-refractivity contribution in [2.24, 2.45) is 5.92 Å². The average molecular weight is 527 g/mol. The smallest absolute Gasteiger partial charge is 0.417 e. The van der Waals surface area contributed by atoms with E-state index in [0.717, 1.165) is 17.9 Å². The Bertz CT molecular complexity index is 1040. The van der Waals surface area contributed by atoms with E-state index in [1.807, 2.05) is 0 Å². The van der Waals surface area contributed by atoms with Crippen molar-refractivity contribution in [3.8, 4) is 11.5 Å². The Labute approximate surface area is 228 Å². The summed E-state index contributed by atoms with van der Waals surface area (Å²) in [7, 11) is -1.62. The van der Waals surface area contributed by atoms with Crippen molar-refractivity contribution in [1.82, 2.24) is 0 Å². The first kappa shape index (κ1) is 30.0. The Morgan fingerprint density at radius 3 is 1.32 bits per heavy atom. The van der Waals surface area contributed by atoms with Crippen LogP contribution in [-0.2, 0) is 32.6 Å². The molecule has 0 amide bonds. The molecular formula is C33H51O3P. The summed E-state index contributed by atoms with van der Waals surface area (Å²) in [6.07, 6.45) is 0.762. The first-order valence-electron chi connectivity index (χ1n) is 13.8. The fraction of sp³-hybridized carbons (Fsp3) is 0.636. The van der Waals surface area contributed by atoms with Crippen LogP contribution in [0, 0.1) is 5.92 Å². The highest BCUT2D eigenvalue weighted by Crippen LogP contribution is 2.53. The first-order chi connectivity index (χ1) is 16.7. The summed E-state index contributed by atoms with van der Waals surface area (Å²) in [5.41, 5.74) is 7.40. The van der Waals surface area contributed by atoms with Crippen molar-refractivity contribution >= 4 is 8.60 Å². The molecule has 1 aliphatic heterocycles. The Hall–Kier alpha value is -1.57. The highest BCUT2D eigenvalue weighted by Gasteiger charge is 2.35. The molecule has 3 nitrogen and oxygen atoms in total. The maximum absolute atomic E-state index is 6.76. The second kappa shape index (κ2) is 10.2. The number of hydrogen-bond acceptors (Lipinski definition) is 3. The topological polar surface area (TPSA) is 27.7 Å². The van der Waals surface area contributed by atoms with Gasteiger partial charge in [0.2, 0.25) is 0 Å². The molecule has 3 rings (SSSR count). The van der Waals surface area contributed by atoms with Gasteiger partial charge in [-0.1, -0.05) is 121 Å². The Morgan fingerprint density at radius 2 is 1.03 bits per heavy atom. The summed E-state index contributed by atoms with van der Waals surface area (Å²) < 4.78 is 19.9. The molecule has 0 fully saturated rings. The Kier molecular flexibility index (Phi) is 8.26. The third kappa shape index (κ3) is 7.10. The second-order valence-corrected chi connectivity index (χ2v) is 16.4. The number of hydrogen-bond donors (Lipinski definition) is 0. The van der Waals surface area contributed by atoms with Crippen LogP contribution in [0.4, 0.5) is 0 Å². The van der Waals surface area contributed by atoms with Gasteiger partial charge in [-0.25, -0.2) is 0 Å². The van der Waals surface area contributed by atoms with E-state index in [9.17, 15) is 0 Å². The molecule has 0 unspecified atom stereocenters. The van der Waals surface area contributed by atoms with E-state index in [2.05, 4.69) is 121 Å². The zero-order valence-corrected chi connectivity index (χ0v) is 26.9. The molecule has 0 radical (unpaired) electrons. The number of benzene rings is 2.